The van der Waals surface area contributed by atoms with Crippen molar-refractivity contribution in [2.45, 2.75) is 12.4 Å². The van der Waals surface area contributed by atoms with Gasteiger partial charge in [0.05, 0.1) is 16.9 Å². The summed E-state index contributed by atoms with van der Waals surface area (Å²) in [5.41, 5.74) is -4.01. The fraction of sp³-hybridized carbons (Fsp3) is 0.0690. The van der Waals surface area contributed by atoms with Crippen molar-refractivity contribution >= 4 is 33.1 Å². The molecule has 0 spiro atoms. The van der Waals surface area contributed by atoms with E-state index in [0.717, 1.165) is 34.5 Å². The van der Waals surface area contributed by atoms with E-state index >= 15 is 4.39 Å². The fourth-order valence-electron chi connectivity index (χ4n) is 4.69. The second-order valence-corrected chi connectivity index (χ2v) is 10.2. The number of aromatic nitrogens is 5. The number of amides is 1. The lowest BCUT2D eigenvalue weighted by molar-refractivity contribution is -0.145. The average Bonchev–Trinajstić information content (AvgIpc) is 3.65. The highest BCUT2D eigenvalue weighted by Gasteiger charge is 2.44. The Kier molecular flexibility index (Phi) is 7.11. The maximum absolute atomic E-state index is 15.5. The summed E-state index contributed by atoms with van der Waals surface area (Å²) >= 11 is 1.41. The van der Waals surface area contributed by atoms with Crippen LogP contribution >= 0.6 is 11.3 Å². The number of fused-ring (bicyclic) bond motifs is 1. The molecule has 1 amide bonds. The molecule has 15 heteroatoms. The predicted octanol–water partition coefficient (Wildman–Crippen LogP) is 8.04. The van der Waals surface area contributed by atoms with Gasteiger partial charge in [0.1, 0.15) is 17.0 Å². The minimum atomic E-state index is -5.33. The van der Waals surface area contributed by atoms with Crippen LogP contribution < -0.4 is 5.32 Å². The van der Waals surface area contributed by atoms with Gasteiger partial charge in [0.25, 0.3) is 5.91 Å². The molecule has 0 saturated heterocycles. The number of thiophene rings is 1. The number of carbonyl (C=O) groups excluding carboxylic acids is 1. The zero-order chi connectivity index (χ0) is 31.2. The van der Waals surface area contributed by atoms with E-state index in [-0.39, 0.29) is 15.9 Å². The van der Waals surface area contributed by atoms with Gasteiger partial charge in [-0.1, -0.05) is 41.6 Å². The molecule has 0 unspecified atom stereocenters. The number of nitrogens with zero attached hydrogens (tertiary/aromatic N) is 5. The molecule has 0 aliphatic rings. The van der Waals surface area contributed by atoms with E-state index in [1.54, 1.807) is 24.3 Å². The first kappa shape index (κ1) is 28.9. The van der Waals surface area contributed by atoms with Crippen LogP contribution in [-0.4, -0.2) is 30.9 Å². The van der Waals surface area contributed by atoms with Crippen LogP contribution in [0.5, 0.6) is 0 Å². The molecule has 44 heavy (non-hydrogen) atoms. The van der Waals surface area contributed by atoms with Gasteiger partial charge in [-0.25, -0.2) is 19.0 Å². The zero-order valence-corrected chi connectivity index (χ0v) is 22.6. The quantitative estimate of drug-likeness (QED) is 0.196. The second-order valence-electron chi connectivity index (χ2n) is 9.27. The molecule has 6 rings (SSSR count). The summed E-state index contributed by atoms with van der Waals surface area (Å²) in [4.78, 5) is 22.3. The molecular formula is C29H15F7N6OS. The molecule has 0 saturated carbocycles. The molecule has 0 radical (unpaired) electrons. The molecule has 3 aromatic carbocycles. The number of benzene rings is 3. The highest BCUT2D eigenvalue weighted by Crippen LogP contribution is 2.39. The summed E-state index contributed by atoms with van der Waals surface area (Å²) in [5.74, 6) is -2.27. The number of hydrogen-bond acceptors (Lipinski definition) is 6. The minimum absolute atomic E-state index is 0.0874. The number of halogens is 7. The standard InChI is InChI=1S/C29H15F7N6OS/c30-21-13-15(9-10-17(21)16-5-1-2-6-18(16)23-19-11-12-44-27(19)38-14-37-23)39-26(43)24-25(29(34,35)36)42(41-40-24)22-8-4-3-7-20(22)28(31,32)33/h1-14H,(H,39,43). The lowest BCUT2D eigenvalue weighted by Gasteiger charge is -2.16. The number of rotatable bonds is 5. The molecule has 3 aromatic heterocycles. The molecular weight excluding hydrogens is 613 g/mol. The van der Waals surface area contributed by atoms with Crippen LogP contribution in [0.1, 0.15) is 21.7 Å². The van der Waals surface area contributed by atoms with Gasteiger partial charge in [0.2, 0.25) is 0 Å². The third-order valence-corrected chi connectivity index (χ3v) is 7.37. The van der Waals surface area contributed by atoms with Gasteiger partial charge in [-0.15, -0.1) is 16.4 Å². The summed E-state index contributed by atoms with van der Waals surface area (Å²) in [6.07, 6.45) is -8.95. The van der Waals surface area contributed by atoms with Crippen molar-refractivity contribution in [1.82, 2.24) is 25.0 Å². The molecule has 0 aliphatic carbocycles. The first-order valence-electron chi connectivity index (χ1n) is 12.5. The van der Waals surface area contributed by atoms with E-state index in [2.05, 4.69) is 25.6 Å². The lowest BCUT2D eigenvalue weighted by Crippen LogP contribution is -2.22. The topological polar surface area (TPSA) is 85.6 Å². The minimum Gasteiger partial charge on any atom is -0.320 e. The Hall–Kier alpha value is -5.18. The van der Waals surface area contributed by atoms with Crippen molar-refractivity contribution < 1.29 is 35.5 Å². The second kappa shape index (κ2) is 10.8. The molecule has 0 fully saturated rings. The highest BCUT2D eigenvalue weighted by molar-refractivity contribution is 7.16. The molecule has 6 aromatic rings. The number of hydrogen-bond donors (Lipinski definition) is 1. The number of alkyl halides is 6. The van der Waals surface area contributed by atoms with Crippen LogP contribution in [0, 0.1) is 5.82 Å². The first-order valence-corrected chi connectivity index (χ1v) is 13.4. The molecule has 0 bridgehead atoms. The summed E-state index contributed by atoms with van der Waals surface area (Å²) in [7, 11) is 0. The van der Waals surface area contributed by atoms with E-state index in [9.17, 15) is 31.1 Å². The summed E-state index contributed by atoms with van der Waals surface area (Å²) in [6, 6.07) is 15.6. The Morgan fingerprint density at radius 1 is 0.818 bits per heavy atom. The molecule has 1 N–H and O–H groups in total. The maximum Gasteiger partial charge on any atom is 0.435 e. The van der Waals surface area contributed by atoms with Crippen LogP contribution in [0.3, 0.4) is 0 Å². The third kappa shape index (κ3) is 5.25. The van der Waals surface area contributed by atoms with Crippen molar-refractivity contribution in [2.24, 2.45) is 0 Å². The van der Waals surface area contributed by atoms with Crippen LogP contribution in [-0.2, 0) is 12.4 Å². The average molecular weight is 629 g/mol. The van der Waals surface area contributed by atoms with E-state index in [4.69, 9.17) is 0 Å². The van der Waals surface area contributed by atoms with Crippen molar-refractivity contribution in [2.75, 3.05) is 5.32 Å². The van der Waals surface area contributed by atoms with Crippen molar-refractivity contribution in [3.05, 3.63) is 107 Å². The Morgan fingerprint density at radius 2 is 1.55 bits per heavy atom. The van der Waals surface area contributed by atoms with Gasteiger partial charge >= 0.3 is 12.4 Å². The third-order valence-electron chi connectivity index (χ3n) is 6.55. The van der Waals surface area contributed by atoms with Gasteiger partial charge in [-0.3, -0.25) is 4.79 Å². The van der Waals surface area contributed by atoms with Gasteiger partial charge in [-0.2, -0.15) is 26.3 Å². The van der Waals surface area contributed by atoms with Crippen LogP contribution in [0.4, 0.5) is 36.4 Å². The zero-order valence-electron chi connectivity index (χ0n) is 21.8. The Morgan fingerprint density at radius 3 is 2.27 bits per heavy atom. The summed E-state index contributed by atoms with van der Waals surface area (Å²) in [5, 5.41) is 11.2. The Balaban J connectivity index is 1.34. The van der Waals surface area contributed by atoms with Gasteiger partial charge in [0.15, 0.2) is 11.4 Å². The van der Waals surface area contributed by atoms with E-state index in [1.165, 1.54) is 29.8 Å². The van der Waals surface area contributed by atoms with Crippen molar-refractivity contribution in [3.8, 4) is 28.1 Å². The maximum atomic E-state index is 15.5. The van der Waals surface area contributed by atoms with Crippen LogP contribution in [0.25, 0.3) is 38.3 Å². The summed E-state index contributed by atoms with van der Waals surface area (Å²) < 4.78 is 98.2. The van der Waals surface area contributed by atoms with E-state index in [0.29, 0.717) is 22.9 Å². The number of carbonyl (C=O) groups is 1. The monoisotopic (exact) mass is 628 g/mol. The molecule has 3 heterocycles. The molecule has 0 aliphatic heterocycles. The number of para-hydroxylation sites is 1. The number of anilines is 1. The largest absolute Gasteiger partial charge is 0.435 e. The van der Waals surface area contributed by atoms with Crippen LogP contribution in [0.15, 0.2) is 84.5 Å². The van der Waals surface area contributed by atoms with Gasteiger partial charge < -0.3 is 5.32 Å². The normalized spacial score (nSPS) is 12.1. The van der Waals surface area contributed by atoms with Crippen molar-refractivity contribution in [1.29, 1.82) is 0 Å². The summed E-state index contributed by atoms with van der Waals surface area (Å²) in [6.45, 7) is 0. The van der Waals surface area contributed by atoms with E-state index < -0.39 is 46.7 Å². The molecule has 7 nitrogen and oxygen atoms in total. The predicted molar refractivity (Wildman–Crippen MR) is 148 cm³/mol. The van der Waals surface area contributed by atoms with Crippen molar-refractivity contribution in [3.63, 3.8) is 0 Å². The fourth-order valence-corrected chi connectivity index (χ4v) is 5.42. The highest BCUT2D eigenvalue weighted by atomic mass is 32.1. The Bertz CT molecular complexity index is 2030. The lowest BCUT2D eigenvalue weighted by atomic mass is 9.96. The van der Waals surface area contributed by atoms with Crippen LogP contribution in [0.2, 0.25) is 0 Å². The molecule has 222 valence electrons. The van der Waals surface area contributed by atoms with Gasteiger partial charge in [0, 0.05) is 22.2 Å². The smallest absolute Gasteiger partial charge is 0.320 e. The number of nitrogens with one attached hydrogen (secondary N) is 1. The SMILES string of the molecule is O=C(Nc1ccc(-c2ccccc2-c2ncnc3sccc23)c(F)c1)c1nnn(-c2ccccc2C(F)(F)F)c1C(F)(F)F. The first-order chi connectivity index (χ1) is 20.9. The Labute approximate surface area is 246 Å². The van der Waals surface area contributed by atoms with Gasteiger partial charge in [-0.05, 0) is 47.3 Å². The van der Waals surface area contributed by atoms with E-state index in [1.807, 2.05) is 11.4 Å². The molecule has 0 atom stereocenters.